The number of hydrogen-bond acceptors (Lipinski definition) is 3. The number of carbonyl (C=O) groups is 2. The molecule has 2 amide bonds. The van der Waals surface area contributed by atoms with Crippen LogP contribution in [0, 0.1) is 6.92 Å². The van der Waals surface area contributed by atoms with Gasteiger partial charge in [0.15, 0.2) is 0 Å². The van der Waals surface area contributed by atoms with Crippen LogP contribution in [0.3, 0.4) is 0 Å². The fraction of sp³-hybridized carbons (Fsp3) is 0.0435. The number of halogens is 1. The predicted octanol–water partition coefficient (Wildman–Crippen LogP) is 5.90. The molecule has 1 aromatic heterocycles. The second-order valence-electron chi connectivity index (χ2n) is 6.59. The van der Waals surface area contributed by atoms with Crippen LogP contribution in [0.1, 0.15) is 26.5 Å². The van der Waals surface area contributed by atoms with Crippen LogP contribution in [-0.4, -0.2) is 11.8 Å². The topological polar surface area (TPSA) is 71.3 Å². The summed E-state index contributed by atoms with van der Waals surface area (Å²) in [5, 5.41) is 6.69. The lowest BCUT2D eigenvalue weighted by Crippen LogP contribution is -2.17. The van der Waals surface area contributed by atoms with Gasteiger partial charge in [0.2, 0.25) is 5.76 Å². The van der Waals surface area contributed by atoms with E-state index >= 15 is 0 Å². The van der Waals surface area contributed by atoms with E-state index in [4.69, 9.17) is 16.0 Å². The highest BCUT2D eigenvalue weighted by atomic mass is 35.5. The van der Waals surface area contributed by atoms with E-state index in [1.807, 2.05) is 25.1 Å². The number of carbonyl (C=O) groups excluding carboxylic acids is 2. The zero-order valence-corrected chi connectivity index (χ0v) is 16.3. The molecule has 0 bridgehead atoms. The van der Waals surface area contributed by atoms with E-state index in [1.54, 1.807) is 54.6 Å². The van der Waals surface area contributed by atoms with Gasteiger partial charge in [-0.3, -0.25) is 9.59 Å². The maximum atomic E-state index is 12.9. The van der Waals surface area contributed by atoms with Crippen LogP contribution in [0.25, 0.3) is 11.0 Å². The van der Waals surface area contributed by atoms with Gasteiger partial charge in [0.25, 0.3) is 11.8 Å². The summed E-state index contributed by atoms with van der Waals surface area (Å²) in [6.45, 7) is 1.97. The first kappa shape index (κ1) is 18.8. The molecule has 2 N–H and O–H groups in total. The monoisotopic (exact) mass is 404 g/mol. The van der Waals surface area contributed by atoms with E-state index in [1.165, 1.54) is 0 Å². The molecule has 0 atom stereocenters. The first-order valence-corrected chi connectivity index (χ1v) is 9.35. The molecular weight excluding hydrogens is 388 g/mol. The third kappa shape index (κ3) is 4.00. The van der Waals surface area contributed by atoms with Crippen molar-refractivity contribution in [2.24, 2.45) is 0 Å². The Morgan fingerprint density at radius 1 is 0.862 bits per heavy atom. The Labute approximate surface area is 172 Å². The molecule has 0 saturated carbocycles. The highest BCUT2D eigenvalue weighted by Gasteiger charge is 2.23. The van der Waals surface area contributed by atoms with Gasteiger partial charge in [-0.25, -0.2) is 0 Å². The van der Waals surface area contributed by atoms with Crippen LogP contribution in [-0.2, 0) is 0 Å². The van der Waals surface area contributed by atoms with Crippen LogP contribution in [0.15, 0.2) is 77.2 Å². The quantitative estimate of drug-likeness (QED) is 0.445. The smallest absolute Gasteiger partial charge is 0.293 e. The van der Waals surface area contributed by atoms with Crippen LogP contribution >= 0.6 is 11.6 Å². The molecule has 0 spiro atoms. The summed E-state index contributed by atoms with van der Waals surface area (Å²) >= 11 is 5.99. The van der Waals surface area contributed by atoms with Crippen LogP contribution in [0.2, 0.25) is 5.02 Å². The van der Waals surface area contributed by atoms with Gasteiger partial charge in [-0.1, -0.05) is 47.5 Å². The number of amides is 2. The van der Waals surface area contributed by atoms with E-state index < -0.39 is 5.91 Å². The van der Waals surface area contributed by atoms with Gasteiger partial charge >= 0.3 is 0 Å². The molecule has 4 aromatic rings. The molecule has 1 heterocycles. The molecule has 0 fully saturated rings. The summed E-state index contributed by atoms with van der Waals surface area (Å²) in [6.07, 6.45) is 0. The molecule has 6 heteroatoms. The van der Waals surface area contributed by atoms with E-state index in [2.05, 4.69) is 10.6 Å². The largest absolute Gasteiger partial charge is 0.449 e. The van der Waals surface area contributed by atoms with Gasteiger partial charge in [0.1, 0.15) is 11.3 Å². The summed E-state index contributed by atoms with van der Waals surface area (Å²) in [5.74, 6) is -0.808. The lowest BCUT2D eigenvalue weighted by Gasteiger charge is -2.08. The Morgan fingerprint density at radius 2 is 1.62 bits per heavy atom. The number of para-hydroxylation sites is 1. The van der Waals surface area contributed by atoms with Crippen molar-refractivity contribution in [1.29, 1.82) is 0 Å². The number of rotatable bonds is 4. The van der Waals surface area contributed by atoms with Gasteiger partial charge < -0.3 is 15.1 Å². The second-order valence-corrected chi connectivity index (χ2v) is 7.02. The van der Waals surface area contributed by atoms with Gasteiger partial charge in [-0.15, -0.1) is 0 Å². The molecule has 0 unspecified atom stereocenters. The molecule has 0 aliphatic heterocycles. The summed E-state index contributed by atoms with van der Waals surface area (Å²) in [4.78, 5) is 25.6. The molecular formula is C23H17ClN2O3. The lowest BCUT2D eigenvalue weighted by atomic mass is 10.1. The average Bonchev–Trinajstić information content (AvgIpc) is 3.08. The number of anilines is 2. The lowest BCUT2D eigenvalue weighted by molar-refractivity contribution is 0.0999. The number of aryl methyl sites for hydroxylation is 1. The molecule has 3 aromatic carbocycles. The van der Waals surface area contributed by atoms with Crippen molar-refractivity contribution in [2.45, 2.75) is 6.92 Å². The zero-order valence-electron chi connectivity index (χ0n) is 15.5. The highest BCUT2D eigenvalue weighted by molar-refractivity contribution is 6.31. The van der Waals surface area contributed by atoms with Crippen molar-refractivity contribution in [3.63, 3.8) is 0 Å². The van der Waals surface area contributed by atoms with Crippen LogP contribution in [0.5, 0.6) is 0 Å². The summed E-state index contributed by atoms with van der Waals surface area (Å²) in [6, 6.07) is 21.1. The van der Waals surface area contributed by atoms with Crippen molar-refractivity contribution >= 4 is 45.8 Å². The first-order valence-electron chi connectivity index (χ1n) is 8.98. The van der Waals surface area contributed by atoms with Crippen molar-refractivity contribution in [3.05, 3.63) is 94.7 Å². The highest BCUT2D eigenvalue weighted by Crippen LogP contribution is 2.32. The third-order valence-corrected chi connectivity index (χ3v) is 4.67. The Bertz CT molecular complexity index is 1210. The van der Waals surface area contributed by atoms with E-state index in [0.29, 0.717) is 32.9 Å². The third-order valence-electron chi connectivity index (χ3n) is 4.44. The molecule has 0 aliphatic rings. The van der Waals surface area contributed by atoms with E-state index in [0.717, 1.165) is 5.56 Å². The number of nitrogens with one attached hydrogen (secondary N) is 2. The van der Waals surface area contributed by atoms with Gasteiger partial charge in [-0.05, 0) is 49.4 Å². The number of furan rings is 1. The molecule has 5 nitrogen and oxygen atoms in total. The summed E-state index contributed by atoms with van der Waals surface area (Å²) < 4.78 is 5.76. The molecule has 29 heavy (non-hydrogen) atoms. The Morgan fingerprint density at radius 3 is 2.38 bits per heavy atom. The van der Waals surface area contributed by atoms with E-state index in [-0.39, 0.29) is 11.7 Å². The molecule has 0 saturated heterocycles. The number of fused-ring (bicyclic) bond motifs is 1. The average molecular weight is 405 g/mol. The maximum Gasteiger partial charge on any atom is 0.293 e. The minimum Gasteiger partial charge on any atom is -0.449 e. The Hall–Kier alpha value is -3.57. The normalized spacial score (nSPS) is 10.7. The summed E-state index contributed by atoms with van der Waals surface area (Å²) in [5.41, 5.74) is 2.92. The standard InChI is InChI=1S/C23H17ClN2O3/c1-14-9-11-17(12-10-14)25-23(28)21-20(18-7-2-3-8-19(18)29-21)26-22(27)15-5-4-6-16(24)13-15/h2-13H,1H3,(H,25,28)(H,26,27). The van der Waals surface area contributed by atoms with Crippen LogP contribution < -0.4 is 10.6 Å². The van der Waals surface area contributed by atoms with Crippen molar-refractivity contribution in [1.82, 2.24) is 0 Å². The molecule has 0 aliphatic carbocycles. The van der Waals surface area contributed by atoms with Crippen molar-refractivity contribution in [2.75, 3.05) is 10.6 Å². The van der Waals surface area contributed by atoms with Gasteiger partial charge in [0, 0.05) is 21.7 Å². The van der Waals surface area contributed by atoms with Gasteiger partial charge in [0.05, 0.1) is 0 Å². The minimum atomic E-state index is -0.452. The van der Waals surface area contributed by atoms with Crippen molar-refractivity contribution < 1.29 is 14.0 Å². The van der Waals surface area contributed by atoms with E-state index in [9.17, 15) is 9.59 Å². The fourth-order valence-electron chi connectivity index (χ4n) is 2.97. The Balaban J connectivity index is 1.69. The zero-order chi connectivity index (χ0) is 20.4. The van der Waals surface area contributed by atoms with Crippen molar-refractivity contribution in [3.8, 4) is 0 Å². The van der Waals surface area contributed by atoms with Crippen LogP contribution in [0.4, 0.5) is 11.4 Å². The molecule has 4 rings (SSSR count). The second kappa shape index (κ2) is 7.81. The predicted molar refractivity (Wildman–Crippen MR) is 115 cm³/mol. The summed E-state index contributed by atoms with van der Waals surface area (Å²) in [7, 11) is 0. The molecule has 144 valence electrons. The SMILES string of the molecule is Cc1ccc(NC(=O)c2oc3ccccc3c2NC(=O)c2cccc(Cl)c2)cc1. The minimum absolute atomic E-state index is 0.0298. The number of hydrogen-bond donors (Lipinski definition) is 2. The van der Waals surface area contributed by atoms with Gasteiger partial charge in [-0.2, -0.15) is 0 Å². The maximum absolute atomic E-state index is 12.9. The first-order chi connectivity index (χ1) is 14.0. The molecule has 0 radical (unpaired) electrons. The number of benzene rings is 3. The Kier molecular flexibility index (Phi) is 5.06. The fourth-order valence-corrected chi connectivity index (χ4v) is 3.16.